The molecule has 1 aromatic carbocycles. The molecule has 15 heavy (non-hydrogen) atoms. The molecule has 0 fully saturated rings. The largest absolute Gasteiger partial charge is 0.326 e. The number of carbonyl (C=O) groups excluding carboxylic acids is 2. The molecule has 0 saturated heterocycles. The second kappa shape index (κ2) is 4.93. The summed E-state index contributed by atoms with van der Waals surface area (Å²) in [7, 11) is 0. The summed E-state index contributed by atoms with van der Waals surface area (Å²) in [6, 6.07) is 5.17. The maximum atomic E-state index is 10.8. The molecule has 0 saturated carbocycles. The van der Waals surface area contributed by atoms with Gasteiger partial charge >= 0.3 is 0 Å². The molecule has 2 amide bonds. The molecule has 1 rings (SSSR count). The number of rotatable bonds is 2. The predicted octanol–water partition coefficient (Wildman–Crippen LogP) is 2.37. The fourth-order valence-corrected chi connectivity index (χ4v) is 1.57. The fraction of sp³-hybridized carbons (Fsp3) is 0.200. The highest BCUT2D eigenvalue weighted by Crippen LogP contribution is 2.25. The van der Waals surface area contributed by atoms with Crippen LogP contribution in [0.25, 0.3) is 0 Å². The van der Waals surface area contributed by atoms with Crippen molar-refractivity contribution >= 4 is 39.1 Å². The van der Waals surface area contributed by atoms with Gasteiger partial charge in [-0.2, -0.15) is 0 Å². The molecule has 80 valence electrons. The van der Waals surface area contributed by atoms with E-state index in [1.807, 2.05) is 0 Å². The van der Waals surface area contributed by atoms with E-state index in [0.29, 0.717) is 11.4 Å². The van der Waals surface area contributed by atoms with Crippen molar-refractivity contribution in [1.29, 1.82) is 0 Å². The Morgan fingerprint density at radius 2 is 1.73 bits per heavy atom. The minimum absolute atomic E-state index is 0.130. The molecule has 4 nitrogen and oxygen atoms in total. The average molecular weight is 271 g/mol. The molecule has 0 heterocycles. The Bertz CT molecular complexity index is 404. The van der Waals surface area contributed by atoms with Crippen LogP contribution in [0.5, 0.6) is 0 Å². The first-order valence-electron chi connectivity index (χ1n) is 4.34. The van der Waals surface area contributed by atoms with E-state index in [0.717, 1.165) is 4.47 Å². The molecule has 0 aliphatic heterocycles. The van der Waals surface area contributed by atoms with E-state index in [2.05, 4.69) is 26.6 Å². The van der Waals surface area contributed by atoms with Gasteiger partial charge < -0.3 is 10.6 Å². The lowest BCUT2D eigenvalue weighted by Gasteiger charge is -2.07. The molecule has 0 radical (unpaired) electrons. The van der Waals surface area contributed by atoms with E-state index in [-0.39, 0.29) is 11.8 Å². The summed E-state index contributed by atoms with van der Waals surface area (Å²) in [6.45, 7) is 2.88. The van der Waals surface area contributed by atoms with E-state index in [9.17, 15) is 9.59 Å². The first kappa shape index (κ1) is 11.7. The van der Waals surface area contributed by atoms with Crippen LogP contribution in [0.2, 0.25) is 0 Å². The van der Waals surface area contributed by atoms with Crippen molar-refractivity contribution in [2.24, 2.45) is 0 Å². The van der Waals surface area contributed by atoms with Crippen LogP contribution in [-0.4, -0.2) is 11.8 Å². The van der Waals surface area contributed by atoms with Crippen LogP contribution in [-0.2, 0) is 9.59 Å². The molecule has 0 unspecified atom stereocenters. The molecule has 0 bridgehead atoms. The third kappa shape index (κ3) is 3.71. The van der Waals surface area contributed by atoms with Crippen LogP contribution in [0.1, 0.15) is 13.8 Å². The Balaban J connectivity index is 2.87. The Hall–Kier alpha value is -1.36. The first-order chi connectivity index (χ1) is 6.99. The quantitative estimate of drug-likeness (QED) is 0.867. The molecule has 0 aliphatic carbocycles. The van der Waals surface area contributed by atoms with Gasteiger partial charge in [0, 0.05) is 24.0 Å². The van der Waals surface area contributed by atoms with Crippen molar-refractivity contribution in [3.05, 3.63) is 22.7 Å². The van der Waals surface area contributed by atoms with Gasteiger partial charge in [-0.25, -0.2) is 0 Å². The second-order valence-corrected chi connectivity index (χ2v) is 3.91. The molecule has 0 atom stereocenters. The molecular formula is C10H11BrN2O2. The lowest BCUT2D eigenvalue weighted by molar-refractivity contribution is -0.115. The van der Waals surface area contributed by atoms with E-state index < -0.39 is 0 Å². The van der Waals surface area contributed by atoms with Crippen molar-refractivity contribution in [3.63, 3.8) is 0 Å². The smallest absolute Gasteiger partial charge is 0.221 e. The normalized spacial score (nSPS) is 9.53. The van der Waals surface area contributed by atoms with Gasteiger partial charge in [-0.3, -0.25) is 9.59 Å². The van der Waals surface area contributed by atoms with Crippen LogP contribution < -0.4 is 10.6 Å². The zero-order valence-corrected chi connectivity index (χ0v) is 10.0. The first-order valence-corrected chi connectivity index (χ1v) is 5.13. The Morgan fingerprint density at radius 3 is 2.20 bits per heavy atom. The molecule has 2 N–H and O–H groups in total. The van der Waals surface area contributed by atoms with Crippen molar-refractivity contribution < 1.29 is 9.59 Å². The summed E-state index contributed by atoms with van der Waals surface area (Å²) < 4.78 is 0.726. The summed E-state index contributed by atoms with van der Waals surface area (Å²) >= 11 is 3.30. The topological polar surface area (TPSA) is 58.2 Å². The van der Waals surface area contributed by atoms with Gasteiger partial charge in [0.05, 0.1) is 5.69 Å². The zero-order valence-electron chi connectivity index (χ0n) is 8.43. The van der Waals surface area contributed by atoms with Gasteiger partial charge in [-0.05, 0) is 34.1 Å². The highest BCUT2D eigenvalue weighted by atomic mass is 79.9. The van der Waals surface area contributed by atoms with E-state index in [1.54, 1.807) is 18.2 Å². The molecule has 0 aromatic heterocycles. The second-order valence-electron chi connectivity index (χ2n) is 3.06. The van der Waals surface area contributed by atoms with Crippen LogP contribution in [0, 0.1) is 0 Å². The number of amides is 2. The Kier molecular flexibility index (Phi) is 3.85. The maximum Gasteiger partial charge on any atom is 0.221 e. The number of benzene rings is 1. The lowest BCUT2D eigenvalue weighted by atomic mass is 10.2. The summed E-state index contributed by atoms with van der Waals surface area (Å²) in [5.41, 5.74) is 1.36. The van der Waals surface area contributed by atoms with Gasteiger partial charge in [0.2, 0.25) is 11.8 Å². The summed E-state index contributed by atoms with van der Waals surface area (Å²) in [5, 5.41) is 5.30. The van der Waals surface area contributed by atoms with Gasteiger partial charge in [-0.15, -0.1) is 0 Å². The molecule has 1 aromatic rings. The van der Waals surface area contributed by atoms with Crippen LogP contribution in [0.4, 0.5) is 11.4 Å². The van der Waals surface area contributed by atoms with Crippen LogP contribution in [0.3, 0.4) is 0 Å². The van der Waals surface area contributed by atoms with Crippen molar-refractivity contribution in [1.82, 2.24) is 0 Å². The van der Waals surface area contributed by atoms with Gasteiger partial charge in [0.1, 0.15) is 0 Å². The lowest BCUT2D eigenvalue weighted by Crippen LogP contribution is -2.08. The minimum atomic E-state index is -0.136. The average Bonchev–Trinajstić information content (AvgIpc) is 2.08. The Morgan fingerprint density at radius 1 is 1.13 bits per heavy atom. The van der Waals surface area contributed by atoms with E-state index in [4.69, 9.17) is 0 Å². The number of hydrogen-bond donors (Lipinski definition) is 2. The number of hydrogen-bond acceptors (Lipinski definition) is 2. The number of nitrogens with one attached hydrogen (secondary N) is 2. The van der Waals surface area contributed by atoms with Gasteiger partial charge in [0.15, 0.2) is 0 Å². The standard InChI is InChI=1S/C10H11BrN2O2/c1-6(14)12-8-3-4-10(9(11)5-8)13-7(2)15/h3-5H,1-2H3,(H,12,14)(H,13,15). The predicted molar refractivity (Wildman–Crippen MR) is 62.7 cm³/mol. The van der Waals surface area contributed by atoms with Crippen molar-refractivity contribution in [3.8, 4) is 0 Å². The third-order valence-corrected chi connectivity index (χ3v) is 2.26. The van der Waals surface area contributed by atoms with E-state index >= 15 is 0 Å². The van der Waals surface area contributed by atoms with Crippen LogP contribution in [0.15, 0.2) is 22.7 Å². The van der Waals surface area contributed by atoms with Crippen LogP contribution >= 0.6 is 15.9 Å². The number of carbonyl (C=O) groups is 2. The number of halogens is 1. The maximum absolute atomic E-state index is 10.8. The van der Waals surface area contributed by atoms with E-state index in [1.165, 1.54) is 13.8 Å². The van der Waals surface area contributed by atoms with Gasteiger partial charge in [-0.1, -0.05) is 0 Å². The molecule has 5 heteroatoms. The Labute approximate surface area is 96.2 Å². The zero-order chi connectivity index (χ0) is 11.4. The van der Waals surface area contributed by atoms with Gasteiger partial charge in [0.25, 0.3) is 0 Å². The SMILES string of the molecule is CC(=O)Nc1ccc(NC(C)=O)c(Br)c1. The fourth-order valence-electron chi connectivity index (χ4n) is 1.09. The third-order valence-electron chi connectivity index (χ3n) is 1.60. The summed E-state index contributed by atoms with van der Waals surface area (Å²) in [4.78, 5) is 21.6. The highest BCUT2D eigenvalue weighted by molar-refractivity contribution is 9.10. The minimum Gasteiger partial charge on any atom is -0.326 e. The molecule has 0 aliphatic rings. The summed E-state index contributed by atoms with van der Waals surface area (Å²) in [5.74, 6) is -0.267. The van der Waals surface area contributed by atoms with Crippen molar-refractivity contribution in [2.75, 3.05) is 10.6 Å². The molecule has 0 spiro atoms. The van der Waals surface area contributed by atoms with Crippen molar-refractivity contribution in [2.45, 2.75) is 13.8 Å². The monoisotopic (exact) mass is 270 g/mol. The number of anilines is 2. The molecular weight excluding hydrogens is 260 g/mol. The highest BCUT2D eigenvalue weighted by Gasteiger charge is 2.03. The summed E-state index contributed by atoms with van der Waals surface area (Å²) in [6.07, 6.45) is 0.